The molecule has 2 saturated heterocycles. The molecule has 2 atom stereocenters. The molecular weight excluding hydrogens is 594 g/mol. The number of halogens is 2. The molecule has 0 aliphatic carbocycles. The molecule has 3 aromatic carbocycles. The lowest BCUT2D eigenvalue weighted by molar-refractivity contribution is -0.189. The number of urea groups is 1. The van der Waals surface area contributed by atoms with Crippen molar-refractivity contribution >= 4 is 23.5 Å². The number of aromatic hydroxyl groups is 1. The second-order valence-corrected chi connectivity index (χ2v) is 11.6. The third-order valence-electron chi connectivity index (χ3n) is 8.21. The molecule has 5 rings (SSSR count). The van der Waals surface area contributed by atoms with E-state index in [-0.39, 0.29) is 50.8 Å². The van der Waals surface area contributed by atoms with Crippen LogP contribution in [0.2, 0.25) is 0 Å². The Bertz CT molecular complexity index is 1600. The fourth-order valence-electron chi connectivity index (χ4n) is 5.96. The van der Waals surface area contributed by atoms with Gasteiger partial charge in [0.2, 0.25) is 11.8 Å². The molecule has 0 radical (unpaired) electrons. The molecule has 0 spiro atoms. The highest BCUT2D eigenvalue weighted by atomic mass is 19.2. The Hall–Kier alpha value is -4.97. The standard InChI is InChI=1S/C34H38F2N6O4/c1-4-5-15-40-22-32(44)41-30(16-23-11-13-26(43)14-12-23)33(45)39(20-25-17-27(35)28(36)18-29(25)38(2)3)21-31(41)42(40)34(46)37-19-24-9-7-6-8-10-24/h4-14,17-18,30-31,43H,15-16,19-22H2,1-3H3,(H,37,46)/b5-4-/t30-,31-/m0/s1. The third-order valence-corrected chi connectivity index (χ3v) is 8.21. The number of phenolic OH excluding ortho intramolecular Hbond substituents is 1. The first-order chi connectivity index (χ1) is 22.1. The predicted molar refractivity (Wildman–Crippen MR) is 169 cm³/mol. The van der Waals surface area contributed by atoms with Crippen LogP contribution in [0.5, 0.6) is 5.75 Å². The van der Waals surface area contributed by atoms with E-state index in [1.54, 1.807) is 36.1 Å². The van der Waals surface area contributed by atoms with Crippen LogP contribution in [0.15, 0.2) is 78.9 Å². The van der Waals surface area contributed by atoms with Gasteiger partial charge >= 0.3 is 6.03 Å². The molecule has 0 saturated carbocycles. The molecule has 10 nitrogen and oxygen atoms in total. The molecule has 2 aliphatic rings. The lowest BCUT2D eigenvalue weighted by Crippen LogP contribution is -2.76. The van der Waals surface area contributed by atoms with Gasteiger partial charge in [0.25, 0.3) is 0 Å². The van der Waals surface area contributed by atoms with Crippen LogP contribution >= 0.6 is 0 Å². The Morgan fingerprint density at radius 1 is 1.02 bits per heavy atom. The van der Waals surface area contributed by atoms with E-state index in [4.69, 9.17) is 0 Å². The lowest BCUT2D eigenvalue weighted by atomic mass is 9.98. The summed E-state index contributed by atoms with van der Waals surface area (Å²) in [6, 6.07) is 16.5. The van der Waals surface area contributed by atoms with Crippen molar-refractivity contribution in [1.29, 1.82) is 0 Å². The van der Waals surface area contributed by atoms with Crippen LogP contribution in [-0.4, -0.2) is 88.7 Å². The number of nitrogens with zero attached hydrogens (tertiary/aromatic N) is 5. The zero-order chi connectivity index (χ0) is 33.0. The summed E-state index contributed by atoms with van der Waals surface area (Å²) in [6.07, 6.45) is 2.89. The first-order valence-corrected chi connectivity index (χ1v) is 15.1. The van der Waals surface area contributed by atoms with E-state index < -0.39 is 35.8 Å². The zero-order valence-electron chi connectivity index (χ0n) is 26.1. The summed E-state index contributed by atoms with van der Waals surface area (Å²) in [5, 5.41) is 15.9. The van der Waals surface area contributed by atoms with E-state index >= 15 is 0 Å². The topological polar surface area (TPSA) is 99.7 Å². The van der Waals surface area contributed by atoms with Gasteiger partial charge in [-0.2, -0.15) is 0 Å². The summed E-state index contributed by atoms with van der Waals surface area (Å²) in [4.78, 5) is 46.6. The number of phenols is 1. The molecule has 4 amide bonds. The number of rotatable bonds is 9. The van der Waals surface area contributed by atoms with Gasteiger partial charge < -0.3 is 25.1 Å². The number of amides is 4. The number of hydrogen-bond acceptors (Lipinski definition) is 6. The molecule has 242 valence electrons. The fourth-order valence-corrected chi connectivity index (χ4v) is 5.96. The summed E-state index contributed by atoms with van der Waals surface area (Å²) >= 11 is 0. The van der Waals surface area contributed by atoms with Gasteiger partial charge in [0.05, 0.1) is 13.1 Å². The van der Waals surface area contributed by atoms with Crippen molar-refractivity contribution in [2.24, 2.45) is 0 Å². The SMILES string of the molecule is C/C=C\CN1CC(=O)N2[C@@H](Cc3ccc(O)cc3)C(=O)N(Cc3cc(F)c(F)cc3N(C)C)C[C@@H]2N1C(=O)NCc1ccccc1. The zero-order valence-corrected chi connectivity index (χ0v) is 26.1. The number of nitrogens with one attached hydrogen (secondary N) is 1. The normalized spacial score (nSPS) is 18.7. The molecule has 0 bridgehead atoms. The number of carbonyl (C=O) groups excluding carboxylic acids is 3. The molecule has 0 aromatic heterocycles. The number of hydrazine groups is 1. The van der Waals surface area contributed by atoms with Gasteiger partial charge in [-0.05, 0) is 41.8 Å². The van der Waals surface area contributed by atoms with Gasteiger partial charge in [-0.3, -0.25) is 9.59 Å². The summed E-state index contributed by atoms with van der Waals surface area (Å²) in [5.74, 6) is -2.70. The number of fused-ring (bicyclic) bond motifs is 1. The Kier molecular flexibility index (Phi) is 9.86. The van der Waals surface area contributed by atoms with Crippen LogP contribution in [0, 0.1) is 11.6 Å². The highest BCUT2D eigenvalue weighted by Gasteiger charge is 2.51. The lowest BCUT2D eigenvalue weighted by Gasteiger charge is -2.55. The molecule has 2 N–H and O–H groups in total. The van der Waals surface area contributed by atoms with Crippen LogP contribution in [-0.2, 0) is 29.1 Å². The average Bonchev–Trinajstić information content (AvgIpc) is 3.03. The van der Waals surface area contributed by atoms with E-state index in [1.165, 1.54) is 26.9 Å². The molecule has 2 fully saturated rings. The van der Waals surface area contributed by atoms with Crippen LogP contribution in [0.1, 0.15) is 23.6 Å². The Balaban J connectivity index is 1.54. The van der Waals surface area contributed by atoms with E-state index in [2.05, 4.69) is 5.32 Å². The number of carbonyl (C=O) groups is 3. The summed E-state index contributed by atoms with van der Waals surface area (Å²) in [6.45, 7) is 2.09. The van der Waals surface area contributed by atoms with Gasteiger partial charge in [0.15, 0.2) is 11.6 Å². The van der Waals surface area contributed by atoms with Crippen LogP contribution in [0.3, 0.4) is 0 Å². The van der Waals surface area contributed by atoms with Crippen molar-refractivity contribution in [3.63, 3.8) is 0 Å². The first kappa shape index (κ1) is 32.4. The average molecular weight is 633 g/mol. The van der Waals surface area contributed by atoms with Crippen molar-refractivity contribution in [2.45, 2.75) is 38.6 Å². The van der Waals surface area contributed by atoms with Crippen molar-refractivity contribution < 1.29 is 28.3 Å². The molecule has 3 aromatic rings. The third kappa shape index (κ3) is 6.96. The van der Waals surface area contributed by atoms with E-state index in [1.807, 2.05) is 49.4 Å². The largest absolute Gasteiger partial charge is 0.508 e. The van der Waals surface area contributed by atoms with Crippen LogP contribution < -0.4 is 10.2 Å². The molecule has 12 heteroatoms. The molecule has 46 heavy (non-hydrogen) atoms. The predicted octanol–water partition coefficient (Wildman–Crippen LogP) is 3.86. The minimum Gasteiger partial charge on any atom is -0.508 e. The van der Waals surface area contributed by atoms with Gasteiger partial charge in [-0.25, -0.2) is 23.6 Å². The fraction of sp³-hybridized carbons (Fsp3) is 0.324. The first-order valence-electron chi connectivity index (χ1n) is 15.1. The van der Waals surface area contributed by atoms with Crippen LogP contribution in [0.25, 0.3) is 0 Å². The summed E-state index contributed by atoms with van der Waals surface area (Å²) in [7, 11) is 3.39. The number of hydrogen-bond donors (Lipinski definition) is 2. The Morgan fingerprint density at radius 3 is 2.39 bits per heavy atom. The molecular formula is C34H38F2N6O4. The van der Waals surface area contributed by atoms with Gasteiger partial charge in [-0.15, -0.1) is 0 Å². The Labute approximate surface area is 267 Å². The Morgan fingerprint density at radius 2 is 1.72 bits per heavy atom. The van der Waals surface area contributed by atoms with Crippen LogP contribution in [0.4, 0.5) is 19.3 Å². The highest BCUT2D eigenvalue weighted by Crippen LogP contribution is 2.31. The maximum absolute atomic E-state index is 14.5. The summed E-state index contributed by atoms with van der Waals surface area (Å²) in [5.41, 5.74) is 2.36. The second kappa shape index (κ2) is 14.0. The quantitative estimate of drug-likeness (QED) is 0.348. The number of allylic oxidation sites excluding steroid dienone is 1. The van der Waals surface area contributed by atoms with Gasteiger partial charge in [-0.1, -0.05) is 54.6 Å². The van der Waals surface area contributed by atoms with Crippen molar-refractivity contribution in [3.8, 4) is 5.75 Å². The van der Waals surface area contributed by atoms with E-state index in [9.17, 15) is 28.3 Å². The number of piperazine rings is 1. The summed E-state index contributed by atoms with van der Waals surface area (Å²) < 4.78 is 28.8. The second-order valence-electron chi connectivity index (χ2n) is 11.6. The molecule has 2 heterocycles. The number of anilines is 1. The van der Waals surface area contributed by atoms with Crippen molar-refractivity contribution in [1.82, 2.24) is 25.1 Å². The molecule has 0 unspecified atom stereocenters. The smallest absolute Gasteiger partial charge is 0.334 e. The van der Waals surface area contributed by atoms with Crippen molar-refractivity contribution in [3.05, 3.63) is 107 Å². The van der Waals surface area contributed by atoms with Gasteiger partial charge in [0, 0.05) is 51.9 Å². The van der Waals surface area contributed by atoms with Crippen molar-refractivity contribution in [2.75, 3.05) is 38.6 Å². The van der Waals surface area contributed by atoms with Gasteiger partial charge in [0.1, 0.15) is 18.0 Å². The monoisotopic (exact) mass is 632 g/mol. The maximum Gasteiger partial charge on any atom is 0.334 e. The minimum atomic E-state index is -1.04. The molecule has 2 aliphatic heterocycles. The maximum atomic E-state index is 14.5. The highest BCUT2D eigenvalue weighted by molar-refractivity contribution is 5.91. The van der Waals surface area contributed by atoms with E-state index in [0.717, 1.165) is 17.7 Å². The number of benzene rings is 3. The minimum absolute atomic E-state index is 0.0581. The van der Waals surface area contributed by atoms with E-state index in [0.29, 0.717) is 16.8 Å².